The summed E-state index contributed by atoms with van der Waals surface area (Å²) in [5, 5.41) is 18.1. The predicted octanol–water partition coefficient (Wildman–Crippen LogP) is 4.18. The van der Waals surface area contributed by atoms with Crippen LogP contribution in [-0.2, 0) is 0 Å². The summed E-state index contributed by atoms with van der Waals surface area (Å²) in [5.74, 6) is -1.94. The second kappa shape index (κ2) is 6.03. The van der Waals surface area contributed by atoms with Gasteiger partial charge in [0.2, 0.25) is 0 Å². The molecule has 0 aliphatic rings. The van der Waals surface area contributed by atoms with E-state index in [2.05, 4.69) is 0 Å². The SMILES string of the molecule is O=C(O)c1cc(Oc2ccc(Cl)c(C(=O)O)c2)ccc1Cl. The summed E-state index contributed by atoms with van der Waals surface area (Å²) in [5.41, 5.74) is -0.219. The average Bonchev–Trinajstić information content (AvgIpc) is 2.42. The van der Waals surface area contributed by atoms with Gasteiger partial charge in [-0.2, -0.15) is 0 Å². The molecule has 0 aliphatic carbocycles. The molecule has 0 saturated heterocycles. The van der Waals surface area contributed by atoms with Gasteiger partial charge in [0, 0.05) is 0 Å². The molecule has 0 heterocycles. The monoisotopic (exact) mass is 326 g/mol. The fourth-order valence-electron chi connectivity index (χ4n) is 1.60. The molecule has 5 nitrogen and oxygen atoms in total. The van der Waals surface area contributed by atoms with Gasteiger partial charge in [-0.3, -0.25) is 0 Å². The van der Waals surface area contributed by atoms with E-state index in [9.17, 15) is 9.59 Å². The lowest BCUT2D eigenvalue weighted by molar-refractivity contribution is 0.0686. The summed E-state index contributed by atoms with van der Waals surface area (Å²) in [6, 6.07) is 8.22. The van der Waals surface area contributed by atoms with Crippen LogP contribution in [-0.4, -0.2) is 22.2 Å². The smallest absolute Gasteiger partial charge is 0.337 e. The summed E-state index contributed by atoms with van der Waals surface area (Å²) >= 11 is 11.5. The third-order valence-electron chi connectivity index (χ3n) is 2.57. The number of hydrogen-bond acceptors (Lipinski definition) is 3. The Bertz CT molecular complexity index is 666. The summed E-state index contributed by atoms with van der Waals surface area (Å²) in [7, 11) is 0. The van der Waals surface area contributed by atoms with Crippen LogP contribution < -0.4 is 4.74 Å². The summed E-state index contributed by atoms with van der Waals surface area (Å²) in [4.78, 5) is 22.0. The Morgan fingerprint density at radius 2 is 1.19 bits per heavy atom. The first-order chi connectivity index (χ1) is 9.88. The average molecular weight is 327 g/mol. The molecule has 0 spiro atoms. The summed E-state index contributed by atoms with van der Waals surface area (Å²) in [6.45, 7) is 0. The zero-order chi connectivity index (χ0) is 15.6. The number of carbonyl (C=O) groups is 2. The van der Waals surface area contributed by atoms with Crippen LogP contribution in [0.3, 0.4) is 0 Å². The number of rotatable bonds is 4. The second-order valence-electron chi connectivity index (χ2n) is 4.00. The highest BCUT2D eigenvalue weighted by Gasteiger charge is 2.13. The number of carboxylic acid groups (broad SMARTS) is 2. The molecule has 0 fully saturated rings. The Kier molecular flexibility index (Phi) is 4.35. The van der Waals surface area contributed by atoms with Crippen molar-refractivity contribution in [3.05, 3.63) is 57.6 Å². The van der Waals surface area contributed by atoms with Gasteiger partial charge in [-0.1, -0.05) is 23.2 Å². The van der Waals surface area contributed by atoms with Gasteiger partial charge in [-0.15, -0.1) is 0 Å². The van der Waals surface area contributed by atoms with Crippen LogP contribution in [0.4, 0.5) is 0 Å². The molecule has 2 N–H and O–H groups in total. The van der Waals surface area contributed by atoms with Crippen LogP contribution in [0, 0.1) is 0 Å². The molecule has 2 aromatic rings. The van der Waals surface area contributed by atoms with Gasteiger partial charge in [-0.05, 0) is 36.4 Å². The van der Waals surface area contributed by atoms with Crippen LogP contribution in [0.5, 0.6) is 11.5 Å². The minimum Gasteiger partial charge on any atom is -0.478 e. The van der Waals surface area contributed by atoms with Gasteiger partial charge in [0.15, 0.2) is 0 Å². The second-order valence-corrected chi connectivity index (χ2v) is 4.81. The zero-order valence-electron chi connectivity index (χ0n) is 10.3. The Balaban J connectivity index is 2.34. The van der Waals surface area contributed by atoms with E-state index in [-0.39, 0.29) is 32.7 Å². The van der Waals surface area contributed by atoms with Crippen LogP contribution in [0.1, 0.15) is 20.7 Å². The van der Waals surface area contributed by atoms with E-state index in [0.29, 0.717) is 0 Å². The Hall–Kier alpha value is -2.24. The van der Waals surface area contributed by atoms with Crippen molar-refractivity contribution in [3.63, 3.8) is 0 Å². The lowest BCUT2D eigenvalue weighted by Crippen LogP contribution is -1.99. The Morgan fingerprint density at radius 3 is 1.52 bits per heavy atom. The Morgan fingerprint density at radius 1 is 0.810 bits per heavy atom. The van der Waals surface area contributed by atoms with Crippen molar-refractivity contribution in [2.45, 2.75) is 0 Å². The van der Waals surface area contributed by atoms with Crippen molar-refractivity contribution in [3.8, 4) is 11.5 Å². The minimum absolute atomic E-state index is 0.0807. The third kappa shape index (κ3) is 3.45. The first kappa shape index (κ1) is 15.2. The van der Waals surface area contributed by atoms with E-state index in [1.54, 1.807) is 0 Å². The van der Waals surface area contributed by atoms with Crippen LogP contribution >= 0.6 is 23.2 Å². The highest BCUT2D eigenvalue weighted by Crippen LogP contribution is 2.29. The van der Waals surface area contributed by atoms with Gasteiger partial charge < -0.3 is 14.9 Å². The van der Waals surface area contributed by atoms with Crippen molar-refractivity contribution in [1.82, 2.24) is 0 Å². The van der Waals surface area contributed by atoms with Crippen molar-refractivity contribution in [2.75, 3.05) is 0 Å². The molecule has 0 unspecified atom stereocenters. The van der Waals surface area contributed by atoms with Gasteiger partial charge in [0.05, 0.1) is 21.2 Å². The fourth-order valence-corrected chi connectivity index (χ4v) is 2.00. The van der Waals surface area contributed by atoms with Crippen molar-refractivity contribution in [1.29, 1.82) is 0 Å². The molecule has 2 aromatic carbocycles. The predicted molar refractivity (Wildman–Crippen MR) is 76.9 cm³/mol. The third-order valence-corrected chi connectivity index (χ3v) is 3.23. The number of halogens is 2. The van der Waals surface area contributed by atoms with Crippen molar-refractivity contribution in [2.24, 2.45) is 0 Å². The molecule has 0 bridgehead atoms. The number of carboxylic acids is 2. The quantitative estimate of drug-likeness (QED) is 0.880. The molecule has 2 rings (SSSR count). The van der Waals surface area contributed by atoms with E-state index in [1.807, 2.05) is 0 Å². The zero-order valence-corrected chi connectivity index (χ0v) is 11.9. The maximum absolute atomic E-state index is 11.0. The molecule has 108 valence electrons. The largest absolute Gasteiger partial charge is 0.478 e. The van der Waals surface area contributed by atoms with E-state index in [4.69, 9.17) is 38.2 Å². The Labute approximate surface area is 129 Å². The number of ether oxygens (including phenoxy) is 1. The first-order valence-corrected chi connectivity index (χ1v) is 6.37. The van der Waals surface area contributed by atoms with Gasteiger partial charge >= 0.3 is 11.9 Å². The van der Waals surface area contributed by atoms with Crippen molar-refractivity contribution < 1.29 is 24.5 Å². The number of benzene rings is 2. The van der Waals surface area contributed by atoms with E-state index in [1.165, 1.54) is 36.4 Å². The maximum Gasteiger partial charge on any atom is 0.337 e. The molecule has 0 saturated carbocycles. The maximum atomic E-state index is 11.0. The van der Waals surface area contributed by atoms with Gasteiger partial charge in [0.25, 0.3) is 0 Å². The molecule has 0 amide bonds. The molecule has 0 aliphatic heterocycles. The van der Waals surface area contributed by atoms with E-state index >= 15 is 0 Å². The minimum atomic E-state index is -1.19. The van der Waals surface area contributed by atoms with E-state index < -0.39 is 11.9 Å². The molecule has 21 heavy (non-hydrogen) atoms. The summed E-state index contributed by atoms with van der Waals surface area (Å²) < 4.78 is 5.43. The standard InChI is InChI=1S/C14H8Cl2O5/c15-11-3-1-7(5-9(11)13(17)18)21-8-2-4-12(16)10(6-8)14(19)20/h1-6H,(H,17,18)(H,19,20). The highest BCUT2D eigenvalue weighted by molar-refractivity contribution is 6.34. The van der Waals surface area contributed by atoms with Crippen LogP contribution in [0.15, 0.2) is 36.4 Å². The topological polar surface area (TPSA) is 83.8 Å². The molecular weight excluding hydrogens is 319 g/mol. The molecular formula is C14H8Cl2O5. The number of aromatic carboxylic acids is 2. The van der Waals surface area contributed by atoms with Gasteiger partial charge in [-0.25, -0.2) is 9.59 Å². The summed E-state index contributed by atoms with van der Waals surface area (Å²) in [6.07, 6.45) is 0. The lowest BCUT2D eigenvalue weighted by Gasteiger charge is -2.08. The first-order valence-electron chi connectivity index (χ1n) is 5.62. The van der Waals surface area contributed by atoms with Gasteiger partial charge in [0.1, 0.15) is 11.5 Å². The molecule has 0 aromatic heterocycles. The number of hydrogen-bond donors (Lipinski definition) is 2. The molecule has 7 heteroatoms. The normalized spacial score (nSPS) is 10.2. The lowest BCUT2D eigenvalue weighted by atomic mass is 10.2. The van der Waals surface area contributed by atoms with Crippen LogP contribution in [0.25, 0.3) is 0 Å². The molecule has 0 radical (unpaired) electrons. The fraction of sp³-hybridized carbons (Fsp3) is 0. The van der Waals surface area contributed by atoms with Crippen LogP contribution in [0.2, 0.25) is 10.0 Å². The van der Waals surface area contributed by atoms with E-state index in [0.717, 1.165) is 0 Å². The molecule has 0 atom stereocenters. The highest BCUT2D eigenvalue weighted by atomic mass is 35.5. The van der Waals surface area contributed by atoms with Crippen molar-refractivity contribution >= 4 is 35.1 Å².